The summed E-state index contributed by atoms with van der Waals surface area (Å²) in [5.41, 5.74) is -0.150. The van der Waals surface area contributed by atoms with Crippen molar-refractivity contribution in [3.05, 3.63) is 16.4 Å². The van der Waals surface area contributed by atoms with Gasteiger partial charge in [0.1, 0.15) is 5.60 Å². The van der Waals surface area contributed by atoms with Gasteiger partial charge in [0.15, 0.2) is 5.69 Å². The molecule has 0 spiro atoms. The molecule has 0 saturated carbocycles. The Hall–Kier alpha value is -1.57. The Morgan fingerprint density at radius 3 is 2.59 bits per heavy atom. The van der Waals surface area contributed by atoms with Crippen LogP contribution < -0.4 is 0 Å². The molecule has 22 heavy (non-hydrogen) atoms. The number of nitrogens with zero attached hydrogens (tertiary/aromatic N) is 3. The van der Waals surface area contributed by atoms with Gasteiger partial charge in [0.05, 0.1) is 23.3 Å². The van der Waals surface area contributed by atoms with E-state index in [4.69, 9.17) is 9.47 Å². The lowest BCUT2D eigenvalue weighted by Crippen LogP contribution is -2.52. The maximum atomic E-state index is 12.0. The first-order valence-electron chi connectivity index (χ1n) is 7.11. The van der Waals surface area contributed by atoms with E-state index in [9.17, 15) is 9.59 Å². The smallest absolute Gasteiger partial charge is 0.410 e. The topological polar surface area (TPSA) is 73.7 Å². The highest BCUT2D eigenvalue weighted by Gasteiger charge is 2.37. The van der Waals surface area contributed by atoms with Gasteiger partial charge in [0.25, 0.3) is 0 Å². The Bertz CT molecular complexity index is 573. The van der Waals surface area contributed by atoms with Crippen LogP contribution in [0.1, 0.15) is 44.2 Å². The van der Waals surface area contributed by atoms with E-state index in [1.807, 2.05) is 20.8 Å². The average Bonchev–Trinajstić information content (AvgIpc) is 2.67. The van der Waals surface area contributed by atoms with Crippen molar-refractivity contribution >= 4 is 28.0 Å². The van der Waals surface area contributed by atoms with Crippen molar-refractivity contribution in [1.29, 1.82) is 0 Å². The van der Waals surface area contributed by atoms with Crippen LogP contribution in [0.5, 0.6) is 0 Å². The second kappa shape index (κ2) is 6.28. The zero-order valence-electron chi connectivity index (χ0n) is 13.1. The number of aromatic nitrogens is 2. The van der Waals surface area contributed by atoms with E-state index in [1.54, 1.807) is 22.7 Å². The minimum absolute atomic E-state index is 0.0572. The number of esters is 1. The van der Waals surface area contributed by atoms with E-state index in [1.165, 1.54) is 0 Å². The lowest BCUT2D eigenvalue weighted by molar-refractivity contribution is -0.000986. The van der Waals surface area contributed by atoms with Gasteiger partial charge in [-0.2, -0.15) is 5.10 Å². The van der Waals surface area contributed by atoms with Crippen molar-refractivity contribution in [2.75, 3.05) is 19.7 Å². The molecule has 1 aromatic rings. The van der Waals surface area contributed by atoms with Gasteiger partial charge < -0.3 is 14.4 Å². The Morgan fingerprint density at radius 2 is 2.05 bits per heavy atom. The summed E-state index contributed by atoms with van der Waals surface area (Å²) in [6, 6.07) is -0.0572. The predicted molar refractivity (Wildman–Crippen MR) is 82.7 cm³/mol. The fourth-order valence-corrected chi connectivity index (χ4v) is 2.53. The highest BCUT2D eigenvalue weighted by atomic mass is 79.9. The third-order valence-corrected chi connectivity index (χ3v) is 3.66. The Labute approximate surface area is 137 Å². The van der Waals surface area contributed by atoms with Gasteiger partial charge in [-0.1, -0.05) is 0 Å². The normalized spacial score (nSPS) is 15.4. The number of rotatable bonds is 3. The molecular formula is C14H20BrN3O4. The summed E-state index contributed by atoms with van der Waals surface area (Å²) < 4.78 is 12.5. The standard InChI is InChI=1S/C14H20BrN3O4/c1-5-21-12(19)11-10(15)6-16-18(11)9-7-17(8-9)13(20)22-14(2,3)4/h6,9H,5,7-8H2,1-4H3. The second-order valence-corrected chi connectivity index (χ2v) is 6.90. The van der Waals surface area contributed by atoms with Gasteiger partial charge in [0.2, 0.25) is 0 Å². The number of carbonyl (C=O) groups is 2. The number of carbonyl (C=O) groups excluding carboxylic acids is 2. The first-order chi connectivity index (χ1) is 10.2. The Balaban J connectivity index is 2.02. The van der Waals surface area contributed by atoms with E-state index in [-0.39, 0.29) is 12.1 Å². The molecular weight excluding hydrogens is 354 g/mol. The largest absolute Gasteiger partial charge is 0.461 e. The number of ether oxygens (including phenoxy) is 2. The third kappa shape index (κ3) is 3.60. The second-order valence-electron chi connectivity index (χ2n) is 6.05. The van der Waals surface area contributed by atoms with Crippen molar-refractivity contribution < 1.29 is 19.1 Å². The number of hydrogen-bond donors (Lipinski definition) is 0. The van der Waals surface area contributed by atoms with Crippen molar-refractivity contribution in [2.24, 2.45) is 0 Å². The number of likely N-dealkylation sites (tertiary alicyclic amines) is 1. The molecule has 0 radical (unpaired) electrons. The zero-order chi connectivity index (χ0) is 16.5. The summed E-state index contributed by atoms with van der Waals surface area (Å²) in [6.45, 7) is 8.43. The van der Waals surface area contributed by atoms with Gasteiger partial charge in [-0.3, -0.25) is 4.68 Å². The Morgan fingerprint density at radius 1 is 1.41 bits per heavy atom. The molecule has 1 fully saturated rings. The lowest BCUT2D eigenvalue weighted by atomic mass is 10.1. The van der Waals surface area contributed by atoms with Gasteiger partial charge in [-0.05, 0) is 43.6 Å². The number of hydrogen-bond acceptors (Lipinski definition) is 5. The van der Waals surface area contributed by atoms with E-state index in [2.05, 4.69) is 21.0 Å². The summed E-state index contributed by atoms with van der Waals surface area (Å²) in [6.07, 6.45) is 1.20. The molecule has 0 N–H and O–H groups in total. The minimum Gasteiger partial charge on any atom is -0.461 e. The van der Waals surface area contributed by atoms with Gasteiger partial charge in [-0.15, -0.1) is 0 Å². The predicted octanol–water partition coefficient (Wildman–Crippen LogP) is 2.61. The van der Waals surface area contributed by atoms with Gasteiger partial charge in [0, 0.05) is 13.1 Å². The fourth-order valence-electron chi connectivity index (χ4n) is 2.09. The quantitative estimate of drug-likeness (QED) is 0.761. The molecule has 1 aliphatic rings. The van der Waals surface area contributed by atoms with Crippen molar-refractivity contribution in [1.82, 2.24) is 14.7 Å². The first-order valence-corrected chi connectivity index (χ1v) is 7.90. The number of amides is 1. The molecule has 1 amide bonds. The molecule has 0 bridgehead atoms. The van der Waals surface area contributed by atoms with Gasteiger partial charge >= 0.3 is 12.1 Å². The molecule has 1 saturated heterocycles. The maximum absolute atomic E-state index is 12.0. The molecule has 122 valence electrons. The molecule has 0 aliphatic carbocycles. The van der Waals surface area contributed by atoms with Crippen LogP contribution in [0.3, 0.4) is 0 Å². The first kappa shape index (κ1) is 16.8. The monoisotopic (exact) mass is 373 g/mol. The molecule has 0 aromatic carbocycles. The Kier molecular flexibility index (Phi) is 4.79. The summed E-state index contributed by atoms with van der Waals surface area (Å²) in [5.74, 6) is -0.428. The minimum atomic E-state index is -0.521. The molecule has 1 aliphatic heterocycles. The third-order valence-electron chi connectivity index (χ3n) is 3.08. The molecule has 0 unspecified atom stereocenters. The van der Waals surface area contributed by atoms with Crippen LogP contribution in [0, 0.1) is 0 Å². The van der Waals surface area contributed by atoms with Crippen molar-refractivity contribution in [2.45, 2.75) is 39.3 Å². The van der Waals surface area contributed by atoms with Crippen molar-refractivity contribution in [3.8, 4) is 0 Å². The summed E-state index contributed by atoms with van der Waals surface area (Å²) >= 11 is 3.30. The van der Waals surface area contributed by atoms with Crippen LogP contribution in [0.4, 0.5) is 4.79 Å². The number of halogens is 1. The molecule has 2 heterocycles. The van der Waals surface area contributed by atoms with E-state index in [0.29, 0.717) is 29.9 Å². The van der Waals surface area contributed by atoms with Crippen LogP contribution in [-0.2, 0) is 9.47 Å². The molecule has 7 nitrogen and oxygen atoms in total. The fraction of sp³-hybridized carbons (Fsp3) is 0.643. The summed E-state index contributed by atoms with van der Waals surface area (Å²) in [7, 11) is 0. The van der Waals surface area contributed by atoms with Crippen molar-refractivity contribution in [3.63, 3.8) is 0 Å². The van der Waals surface area contributed by atoms with E-state index >= 15 is 0 Å². The zero-order valence-corrected chi connectivity index (χ0v) is 14.7. The average molecular weight is 374 g/mol. The SMILES string of the molecule is CCOC(=O)c1c(Br)cnn1C1CN(C(=O)OC(C)(C)C)C1. The van der Waals surface area contributed by atoms with Crippen LogP contribution in [-0.4, -0.2) is 52.0 Å². The van der Waals surface area contributed by atoms with E-state index in [0.717, 1.165) is 0 Å². The van der Waals surface area contributed by atoms with Crippen LogP contribution in [0.2, 0.25) is 0 Å². The lowest BCUT2D eigenvalue weighted by Gasteiger charge is -2.40. The summed E-state index contributed by atoms with van der Waals surface area (Å²) in [4.78, 5) is 25.5. The maximum Gasteiger partial charge on any atom is 0.410 e. The van der Waals surface area contributed by atoms with E-state index < -0.39 is 11.6 Å². The molecule has 0 atom stereocenters. The molecule has 2 rings (SSSR count). The molecule has 8 heteroatoms. The van der Waals surface area contributed by atoms with Crippen LogP contribution in [0.15, 0.2) is 10.7 Å². The van der Waals surface area contributed by atoms with Crippen LogP contribution >= 0.6 is 15.9 Å². The highest BCUT2D eigenvalue weighted by molar-refractivity contribution is 9.10. The summed E-state index contributed by atoms with van der Waals surface area (Å²) in [5, 5.41) is 4.20. The highest BCUT2D eigenvalue weighted by Crippen LogP contribution is 2.27. The molecule has 1 aromatic heterocycles. The van der Waals surface area contributed by atoms with Crippen LogP contribution in [0.25, 0.3) is 0 Å². The van der Waals surface area contributed by atoms with Gasteiger partial charge in [-0.25, -0.2) is 9.59 Å².